The van der Waals surface area contributed by atoms with Crippen LogP contribution in [0.4, 0.5) is 8.78 Å². The third-order valence-corrected chi connectivity index (χ3v) is 3.52. The van der Waals surface area contributed by atoms with Crippen LogP contribution in [0.1, 0.15) is 28.4 Å². The lowest BCUT2D eigenvalue weighted by molar-refractivity contribution is 0.0934. The average molecular weight is 297 g/mol. The number of amides is 1. The molecule has 0 bridgehead atoms. The minimum Gasteiger partial charge on any atom is -0.388 e. The Morgan fingerprint density at radius 2 is 2.00 bits per heavy atom. The number of hydrogen-bond donors (Lipinski definition) is 2. The van der Waals surface area contributed by atoms with E-state index in [9.17, 15) is 18.7 Å². The minimum atomic E-state index is -0.902. The van der Waals surface area contributed by atoms with Crippen molar-refractivity contribution in [3.63, 3.8) is 0 Å². The van der Waals surface area contributed by atoms with Gasteiger partial charge in [-0.1, -0.05) is 6.07 Å². The SMILES string of the molecule is O=C(NCCC(O)c1ccsc1)c1c(F)cccc1F. The second-order valence-electron chi connectivity index (χ2n) is 4.21. The molecule has 0 aliphatic rings. The number of carbonyl (C=O) groups excluding carboxylic acids is 1. The molecule has 0 spiro atoms. The lowest BCUT2D eigenvalue weighted by atomic mass is 10.1. The van der Waals surface area contributed by atoms with Crippen molar-refractivity contribution < 1.29 is 18.7 Å². The summed E-state index contributed by atoms with van der Waals surface area (Å²) in [5.41, 5.74) is 0.166. The minimum absolute atomic E-state index is 0.129. The lowest BCUT2D eigenvalue weighted by Gasteiger charge is -2.10. The molecule has 0 fully saturated rings. The summed E-state index contributed by atoms with van der Waals surface area (Å²) in [4.78, 5) is 11.7. The maximum Gasteiger partial charge on any atom is 0.257 e. The van der Waals surface area contributed by atoms with Crippen LogP contribution in [0, 0.1) is 11.6 Å². The van der Waals surface area contributed by atoms with Crippen LogP contribution in [-0.2, 0) is 0 Å². The molecule has 1 atom stereocenters. The molecule has 106 valence electrons. The Bertz CT molecular complexity index is 567. The van der Waals surface area contributed by atoms with E-state index in [1.165, 1.54) is 17.4 Å². The van der Waals surface area contributed by atoms with E-state index in [-0.39, 0.29) is 13.0 Å². The van der Waals surface area contributed by atoms with Crippen LogP contribution in [0.5, 0.6) is 0 Å². The van der Waals surface area contributed by atoms with E-state index in [1.807, 2.05) is 10.8 Å². The number of thiophene rings is 1. The van der Waals surface area contributed by atoms with Crippen LogP contribution in [0.15, 0.2) is 35.0 Å². The number of halogens is 2. The number of benzene rings is 1. The average Bonchev–Trinajstić information content (AvgIpc) is 2.92. The Kier molecular flexibility index (Phi) is 4.81. The normalized spacial score (nSPS) is 12.2. The summed E-state index contributed by atoms with van der Waals surface area (Å²) >= 11 is 1.46. The van der Waals surface area contributed by atoms with Gasteiger partial charge >= 0.3 is 0 Å². The Hall–Kier alpha value is -1.79. The molecule has 0 aliphatic heterocycles. The number of rotatable bonds is 5. The van der Waals surface area contributed by atoms with Crippen LogP contribution in [0.2, 0.25) is 0 Å². The quantitative estimate of drug-likeness (QED) is 0.891. The highest BCUT2D eigenvalue weighted by atomic mass is 32.1. The van der Waals surface area contributed by atoms with Gasteiger partial charge in [-0.3, -0.25) is 4.79 Å². The van der Waals surface area contributed by atoms with Gasteiger partial charge in [-0.05, 0) is 40.9 Å². The molecule has 0 saturated heterocycles. The third-order valence-electron chi connectivity index (χ3n) is 2.82. The monoisotopic (exact) mass is 297 g/mol. The number of nitrogens with one attached hydrogen (secondary N) is 1. The molecule has 1 aromatic heterocycles. The molecule has 0 aliphatic carbocycles. The van der Waals surface area contributed by atoms with Gasteiger partial charge in [0.05, 0.1) is 6.10 Å². The van der Waals surface area contributed by atoms with Crippen LogP contribution in [-0.4, -0.2) is 17.6 Å². The van der Waals surface area contributed by atoms with E-state index in [1.54, 1.807) is 6.07 Å². The van der Waals surface area contributed by atoms with E-state index in [4.69, 9.17) is 0 Å². The van der Waals surface area contributed by atoms with Gasteiger partial charge in [0, 0.05) is 6.54 Å². The maximum atomic E-state index is 13.4. The summed E-state index contributed by atoms with van der Waals surface area (Å²) in [6.07, 6.45) is -0.426. The van der Waals surface area contributed by atoms with Crippen molar-refractivity contribution in [1.29, 1.82) is 0 Å². The Morgan fingerprint density at radius 3 is 2.60 bits per heavy atom. The van der Waals surface area contributed by atoms with Crippen molar-refractivity contribution in [2.24, 2.45) is 0 Å². The predicted molar refractivity (Wildman–Crippen MR) is 72.6 cm³/mol. The highest BCUT2D eigenvalue weighted by molar-refractivity contribution is 7.07. The van der Waals surface area contributed by atoms with Gasteiger partial charge in [-0.25, -0.2) is 8.78 Å². The summed E-state index contributed by atoms with van der Waals surface area (Å²) in [6.45, 7) is 0.129. The van der Waals surface area contributed by atoms with Gasteiger partial charge in [0.15, 0.2) is 0 Å². The molecular weight excluding hydrogens is 284 g/mol. The van der Waals surface area contributed by atoms with Gasteiger partial charge in [-0.15, -0.1) is 0 Å². The number of carbonyl (C=O) groups is 1. The lowest BCUT2D eigenvalue weighted by Crippen LogP contribution is -2.27. The van der Waals surface area contributed by atoms with E-state index in [0.29, 0.717) is 0 Å². The summed E-state index contributed by atoms with van der Waals surface area (Å²) < 4.78 is 26.7. The Balaban J connectivity index is 1.90. The fourth-order valence-electron chi connectivity index (χ4n) is 1.76. The molecule has 2 N–H and O–H groups in total. The van der Waals surface area contributed by atoms with Crippen LogP contribution in [0.25, 0.3) is 0 Å². The van der Waals surface area contributed by atoms with E-state index in [0.717, 1.165) is 17.7 Å². The molecule has 0 saturated carbocycles. The molecule has 6 heteroatoms. The summed E-state index contributed by atoms with van der Waals surface area (Å²) in [5.74, 6) is -2.63. The molecule has 2 rings (SSSR count). The van der Waals surface area contributed by atoms with Crippen molar-refractivity contribution in [2.75, 3.05) is 6.54 Å². The first-order valence-electron chi connectivity index (χ1n) is 6.02. The number of aliphatic hydroxyl groups excluding tert-OH is 1. The van der Waals surface area contributed by atoms with Gasteiger partial charge in [0.2, 0.25) is 0 Å². The second kappa shape index (κ2) is 6.58. The zero-order chi connectivity index (χ0) is 14.5. The van der Waals surface area contributed by atoms with Gasteiger partial charge in [0.1, 0.15) is 17.2 Å². The van der Waals surface area contributed by atoms with Gasteiger partial charge in [0.25, 0.3) is 5.91 Å². The fourth-order valence-corrected chi connectivity index (χ4v) is 2.46. The van der Waals surface area contributed by atoms with Crippen LogP contribution < -0.4 is 5.32 Å². The third kappa shape index (κ3) is 3.40. The van der Waals surface area contributed by atoms with Crippen molar-refractivity contribution in [2.45, 2.75) is 12.5 Å². The molecule has 2 aromatic rings. The summed E-state index contributed by atoms with van der Waals surface area (Å²) in [6, 6.07) is 5.03. The van der Waals surface area contributed by atoms with Crippen molar-refractivity contribution >= 4 is 17.2 Å². The molecule has 0 radical (unpaired) electrons. The topological polar surface area (TPSA) is 49.3 Å². The van der Waals surface area contributed by atoms with E-state index in [2.05, 4.69) is 5.32 Å². The second-order valence-corrected chi connectivity index (χ2v) is 4.99. The fraction of sp³-hybridized carbons (Fsp3) is 0.214. The highest BCUT2D eigenvalue weighted by Gasteiger charge is 2.17. The van der Waals surface area contributed by atoms with Crippen molar-refractivity contribution in [3.05, 3.63) is 57.8 Å². The molecule has 20 heavy (non-hydrogen) atoms. The number of aliphatic hydroxyl groups is 1. The zero-order valence-corrected chi connectivity index (χ0v) is 11.3. The number of hydrogen-bond acceptors (Lipinski definition) is 3. The van der Waals surface area contributed by atoms with Crippen LogP contribution in [0.3, 0.4) is 0 Å². The molecule has 1 unspecified atom stereocenters. The highest BCUT2D eigenvalue weighted by Crippen LogP contribution is 2.18. The Morgan fingerprint density at radius 1 is 1.30 bits per heavy atom. The maximum absolute atomic E-state index is 13.4. The van der Waals surface area contributed by atoms with Crippen LogP contribution >= 0.6 is 11.3 Å². The summed E-state index contributed by atoms with van der Waals surface area (Å²) in [7, 11) is 0. The van der Waals surface area contributed by atoms with E-state index < -0.39 is 29.2 Å². The zero-order valence-electron chi connectivity index (χ0n) is 10.5. The van der Waals surface area contributed by atoms with Gasteiger partial charge < -0.3 is 10.4 Å². The molecular formula is C14H13F2NO2S. The largest absolute Gasteiger partial charge is 0.388 e. The molecule has 3 nitrogen and oxygen atoms in total. The molecule has 1 heterocycles. The van der Waals surface area contributed by atoms with Crippen molar-refractivity contribution in [1.82, 2.24) is 5.32 Å². The predicted octanol–water partition coefficient (Wildman–Crippen LogP) is 2.88. The summed E-state index contributed by atoms with van der Waals surface area (Å²) in [5, 5.41) is 15.9. The first-order valence-corrected chi connectivity index (χ1v) is 6.96. The first-order chi connectivity index (χ1) is 9.59. The molecule has 1 aromatic carbocycles. The Labute approximate surface area is 118 Å². The molecule has 1 amide bonds. The smallest absolute Gasteiger partial charge is 0.257 e. The first kappa shape index (κ1) is 14.6. The van der Waals surface area contributed by atoms with E-state index >= 15 is 0 Å². The standard InChI is InChI=1S/C14H13F2NO2S/c15-10-2-1-3-11(16)13(10)14(19)17-6-4-12(18)9-5-7-20-8-9/h1-3,5,7-8,12,18H,4,6H2,(H,17,19). The van der Waals surface area contributed by atoms with Gasteiger partial charge in [-0.2, -0.15) is 11.3 Å². The van der Waals surface area contributed by atoms with Crippen molar-refractivity contribution in [3.8, 4) is 0 Å².